The van der Waals surface area contributed by atoms with Gasteiger partial charge in [-0.1, -0.05) is 0 Å². The van der Waals surface area contributed by atoms with Gasteiger partial charge >= 0.3 is 11.9 Å². The predicted molar refractivity (Wildman–Crippen MR) is 62.1 cm³/mol. The Balaban J connectivity index is 2.69. The summed E-state index contributed by atoms with van der Waals surface area (Å²) in [5.41, 5.74) is 2.28. The van der Waals surface area contributed by atoms with Gasteiger partial charge in [-0.2, -0.15) is 0 Å². The third-order valence-corrected chi connectivity index (χ3v) is 2.75. The summed E-state index contributed by atoms with van der Waals surface area (Å²) in [5, 5.41) is 17.8. The van der Waals surface area contributed by atoms with Crippen LogP contribution < -0.4 is 5.43 Å². The SMILES string of the molecule is O=C(O)CCCC(NN1C(=O)CCC1=O)C(=O)C(=O)O. The van der Waals surface area contributed by atoms with Crippen LogP contribution >= 0.6 is 0 Å². The Morgan fingerprint density at radius 1 is 1.15 bits per heavy atom. The van der Waals surface area contributed by atoms with Gasteiger partial charge in [0.05, 0.1) is 6.04 Å². The molecule has 0 saturated carbocycles. The maximum Gasteiger partial charge on any atom is 0.373 e. The lowest BCUT2D eigenvalue weighted by Crippen LogP contribution is -2.52. The molecule has 1 unspecified atom stereocenters. The Morgan fingerprint density at radius 2 is 1.70 bits per heavy atom. The van der Waals surface area contributed by atoms with Gasteiger partial charge in [0.2, 0.25) is 11.8 Å². The highest BCUT2D eigenvalue weighted by Gasteiger charge is 2.34. The molecule has 1 fully saturated rings. The highest BCUT2D eigenvalue weighted by molar-refractivity contribution is 6.34. The lowest BCUT2D eigenvalue weighted by atomic mass is 10.1. The average Bonchev–Trinajstić information content (AvgIpc) is 2.67. The number of carbonyl (C=O) groups is 5. The summed E-state index contributed by atoms with van der Waals surface area (Å²) in [6.07, 6.45) is -0.312. The van der Waals surface area contributed by atoms with Crippen LogP contribution in [-0.4, -0.2) is 50.8 Å². The van der Waals surface area contributed by atoms with Gasteiger partial charge in [0.25, 0.3) is 5.78 Å². The summed E-state index contributed by atoms with van der Waals surface area (Å²) >= 11 is 0. The predicted octanol–water partition coefficient (Wildman–Crippen LogP) is -1.08. The Morgan fingerprint density at radius 3 is 2.15 bits per heavy atom. The molecule has 0 aliphatic carbocycles. The van der Waals surface area contributed by atoms with Gasteiger partial charge in [0, 0.05) is 19.3 Å². The molecule has 9 heteroatoms. The van der Waals surface area contributed by atoms with Crippen LogP contribution in [-0.2, 0) is 24.0 Å². The number of rotatable bonds is 8. The number of imide groups is 1. The number of nitrogens with one attached hydrogen (secondary N) is 1. The highest BCUT2D eigenvalue weighted by Crippen LogP contribution is 2.11. The number of amides is 2. The van der Waals surface area contributed by atoms with Gasteiger partial charge < -0.3 is 10.2 Å². The molecule has 1 rings (SSSR count). The molecule has 20 heavy (non-hydrogen) atoms. The number of hydrazine groups is 1. The van der Waals surface area contributed by atoms with Crippen molar-refractivity contribution in [2.75, 3.05) is 0 Å². The minimum atomic E-state index is -1.71. The van der Waals surface area contributed by atoms with Crippen molar-refractivity contribution in [3.63, 3.8) is 0 Å². The second-order valence-electron chi connectivity index (χ2n) is 4.26. The zero-order chi connectivity index (χ0) is 15.3. The second-order valence-corrected chi connectivity index (χ2v) is 4.26. The van der Waals surface area contributed by atoms with E-state index in [1.807, 2.05) is 0 Å². The molecule has 9 nitrogen and oxygen atoms in total. The Kier molecular flexibility index (Phi) is 5.32. The summed E-state index contributed by atoms with van der Waals surface area (Å²) in [4.78, 5) is 55.3. The van der Waals surface area contributed by atoms with Crippen molar-refractivity contribution in [2.24, 2.45) is 0 Å². The number of ketones is 1. The lowest BCUT2D eigenvalue weighted by molar-refractivity contribution is -0.153. The van der Waals surface area contributed by atoms with Crippen molar-refractivity contribution in [2.45, 2.75) is 38.1 Å². The van der Waals surface area contributed by atoms with Crippen molar-refractivity contribution < 1.29 is 34.2 Å². The minimum Gasteiger partial charge on any atom is -0.481 e. The van der Waals surface area contributed by atoms with Crippen molar-refractivity contribution in [3.05, 3.63) is 0 Å². The summed E-state index contributed by atoms with van der Waals surface area (Å²) in [5.74, 6) is -5.10. The molecule has 0 aromatic heterocycles. The fourth-order valence-corrected chi connectivity index (χ4v) is 1.74. The van der Waals surface area contributed by atoms with E-state index in [-0.39, 0.29) is 32.1 Å². The first-order chi connectivity index (χ1) is 9.32. The molecule has 3 N–H and O–H groups in total. The second kappa shape index (κ2) is 6.75. The molecule has 0 spiro atoms. The Hall–Kier alpha value is -2.29. The molecule has 0 bridgehead atoms. The van der Waals surface area contributed by atoms with E-state index >= 15 is 0 Å². The molecular weight excluding hydrogens is 272 g/mol. The third-order valence-electron chi connectivity index (χ3n) is 2.75. The van der Waals surface area contributed by atoms with E-state index < -0.39 is 35.6 Å². The molecule has 2 amide bonds. The first kappa shape index (κ1) is 15.8. The van der Waals surface area contributed by atoms with Crippen molar-refractivity contribution in [1.82, 2.24) is 10.4 Å². The number of carbonyl (C=O) groups excluding carboxylic acids is 3. The zero-order valence-corrected chi connectivity index (χ0v) is 10.5. The van der Waals surface area contributed by atoms with Gasteiger partial charge in [0.15, 0.2) is 0 Å². The lowest BCUT2D eigenvalue weighted by Gasteiger charge is -2.21. The monoisotopic (exact) mass is 286 g/mol. The largest absolute Gasteiger partial charge is 0.481 e. The molecule has 1 heterocycles. The normalized spacial score (nSPS) is 16.3. The first-order valence-electron chi connectivity index (χ1n) is 5.93. The fourth-order valence-electron chi connectivity index (χ4n) is 1.74. The highest BCUT2D eigenvalue weighted by atomic mass is 16.4. The van der Waals surface area contributed by atoms with Crippen molar-refractivity contribution in [3.8, 4) is 0 Å². The van der Waals surface area contributed by atoms with Crippen LogP contribution in [0.1, 0.15) is 32.1 Å². The van der Waals surface area contributed by atoms with Gasteiger partial charge in [-0.15, -0.1) is 0 Å². The number of hydrogen-bond acceptors (Lipinski definition) is 6. The molecule has 0 aromatic rings. The van der Waals surface area contributed by atoms with Crippen LogP contribution in [0.15, 0.2) is 0 Å². The van der Waals surface area contributed by atoms with E-state index in [1.165, 1.54) is 0 Å². The molecular formula is C11H14N2O7. The van der Waals surface area contributed by atoms with E-state index in [4.69, 9.17) is 10.2 Å². The third kappa shape index (κ3) is 4.12. The maximum atomic E-state index is 11.5. The summed E-state index contributed by atoms with van der Waals surface area (Å²) < 4.78 is 0. The molecule has 0 radical (unpaired) electrons. The molecule has 0 aromatic carbocycles. The van der Waals surface area contributed by atoms with Gasteiger partial charge in [0.1, 0.15) is 0 Å². The quantitative estimate of drug-likeness (QED) is 0.378. The summed E-state index contributed by atoms with van der Waals surface area (Å²) in [6, 6.07) is -1.31. The standard InChI is InChI=1S/C11H14N2O7/c14-7-4-5-8(15)13(7)12-6(10(18)11(19)20)2-1-3-9(16)17/h6,12H,1-5H2,(H,16,17)(H,19,20). The number of aliphatic carboxylic acids is 2. The van der Waals surface area contributed by atoms with Crippen LogP contribution in [0.2, 0.25) is 0 Å². The van der Waals surface area contributed by atoms with Crippen LogP contribution in [0.3, 0.4) is 0 Å². The minimum absolute atomic E-state index is 0.00502. The van der Waals surface area contributed by atoms with Gasteiger partial charge in [-0.05, 0) is 12.8 Å². The number of Topliss-reactive ketones (excluding diaryl/α,β-unsaturated/α-hetero) is 1. The van der Waals surface area contributed by atoms with Crippen LogP contribution in [0.5, 0.6) is 0 Å². The van der Waals surface area contributed by atoms with E-state index in [2.05, 4.69) is 5.43 Å². The molecule has 1 atom stereocenters. The number of hydrogen-bond donors (Lipinski definition) is 3. The topological polar surface area (TPSA) is 141 Å². The molecule has 1 aliphatic heterocycles. The van der Waals surface area contributed by atoms with E-state index in [9.17, 15) is 24.0 Å². The van der Waals surface area contributed by atoms with E-state index in [0.29, 0.717) is 5.01 Å². The molecule has 1 saturated heterocycles. The van der Waals surface area contributed by atoms with Crippen LogP contribution in [0.25, 0.3) is 0 Å². The number of carboxylic acids is 2. The summed E-state index contributed by atoms with van der Waals surface area (Å²) in [7, 11) is 0. The maximum absolute atomic E-state index is 11.5. The Bertz CT molecular complexity index is 444. The number of nitrogens with zero attached hydrogens (tertiary/aromatic N) is 1. The zero-order valence-electron chi connectivity index (χ0n) is 10.5. The first-order valence-corrected chi connectivity index (χ1v) is 5.93. The molecule has 110 valence electrons. The van der Waals surface area contributed by atoms with Gasteiger partial charge in [-0.25, -0.2) is 15.2 Å². The average molecular weight is 286 g/mol. The summed E-state index contributed by atoms with van der Waals surface area (Å²) in [6.45, 7) is 0. The van der Waals surface area contributed by atoms with E-state index in [1.54, 1.807) is 0 Å². The molecule has 1 aliphatic rings. The Labute approximate surface area is 113 Å². The van der Waals surface area contributed by atoms with Crippen molar-refractivity contribution in [1.29, 1.82) is 0 Å². The fraction of sp³-hybridized carbons (Fsp3) is 0.545. The van der Waals surface area contributed by atoms with Crippen molar-refractivity contribution >= 4 is 29.5 Å². The van der Waals surface area contributed by atoms with Gasteiger partial charge in [-0.3, -0.25) is 19.2 Å². The van der Waals surface area contributed by atoms with Crippen LogP contribution in [0, 0.1) is 0 Å². The smallest absolute Gasteiger partial charge is 0.373 e. The van der Waals surface area contributed by atoms with Crippen LogP contribution in [0.4, 0.5) is 0 Å². The van der Waals surface area contributed by atoms with E-state index in [0.717, 1.165) is 0 Å². The number of carboxylic acid groups (broad SMARTS) is 2.